The molecule has 0 spiro atoms. The van der Waals surface area contributed by atoms with Crippen molar-refractivity contribution in [2.45, 2.75) is 39.0 Å². The van der Waals surface area contributed by atoms with Gasteiger partial charge in [0.2, 0.25) is 5.91 Å². The summed E-state index contributed by atoms with van der Waals surface area (Å²) in [6.45, 7) is 5.40. The molecule has 2 fully saturated rings. The first kappa shape index (κ1) is 12.9. The van der Waals surface area contributed by atoms with Crippen LogP contribution in [0.25, 0.3) is 0 Å². The summed E-state index contributed by atoms with van der Waals surface area (Å²) in [6.07, 6.45) is 6.09. The van der Waals surface area contributed by atoms with Gasteiger partial charge in [-0.2, -0.15) is 0 Å². The van der Waals surface area contributed by atoms with Crippen molar-refractivity contribution in [3.05, 3.63) is 0 Å². The van der Waals surface area contributed by atoms with E-state index in [1.807, 2.05) is 11.9 Å². The van der Waals surface area contributed by atoms with E-state index in [2.05, 4.69) is 12.2 Å². The van der Waals surface area contributed by atoms with E-state index >= 15 is 0 Å². The highest BCUT2D eigenvalue weighted by atomic mass is 16.2. The second-order valence-electron chi connectivity index (χ2n) is 5.95. The molecule has 3 unspecified atom stereocenters. The summed E-state index contributed by atoms with van der Waals surface area (Å²) in [6, 6.07) is 0. The topological polar surface area (TPSA) is 32.3 Å². The lowest BCUT2D eigenvalue weighted by atomic mass is 9.95. The van der Waals surface area contributed by atoms with Crippen LogP contribution in [0.15, 0.2) is 0 Å². The summed E-state index contributed by atoms with van der Waals surface area (Å²) < 4.78 is 0. The van der Waals surface area contributed by atoms with Crippen LogP contribution in [-0.4, -0.2) is 37.5 Å². The van der Waals surface area contributed by atoms with Crippen molar-refractivity contribution in [3.8, 4) is 0 Å². The molecule has 1 aliphatic carbocycles. The first-order valence-corrected chi connectivity index (χ1v) is 7.14. The number of piperidine rings is 1. The van der Waals surface area contributed by atoms with Crippen LogP contribution in [0.4, 0.5) is 0 Å². The predicted octanol–water partition coefficient (Wildman–Crippen LogP) is 1.88. The Balaban J connectivity index is 1.81. The third-order valence-electron chi connectivity index (χ3n) is 4.49. The van der Waals surface area contributed by atoms with E-state index < -0.39 is 0 Å². The van der Waals surface area contributed by atoms with Crippen LogP contribution in [0.2, 0.25) is 0 Å². The first-order valence-electron chi connectivity index (χ1n) is 7.14. The number of rotatable bonds is 3. The fourth-order valence-electron chi connectivity index (χ4n) is 3.35. The lowest BCUT2D eigenvalue weighted by molar-refractivity contribution is -0.135. The van der Waals surface area contributed by atoms with E-state index in [4.69, 9.17) is 0 Å². The lowest BCUT2D eigenvalue weighted by Crippen LogP contribution is -2.41. The summed E-state index contributed by atoms with van der Waals surface area (Å²) in [5.41, 5.74) is 0. The SMILES string of the molecule is CC1CCCC1C(=O)N(C)CC1CCCNC1. The van der Waals surface area contributed by atoms with Gasteiger partial charge >= 0.3 is 0 Å². The molecule has 3 heteroatoms. The Kier molecular flexibility index (Phi) is 4.43. The van der Waals surface area contributed by atoms with Crippen LogP contribution in [0.5, 0.6) is 0 Å². The molecule has 0 radical (unpaired) electrons. The maximum absolute atomic E-state index is 12.3. The van der Waals surface area contributed by atoms with Crippen molar-refractivity contribution >= 4 is 5.91 Å². The molecule has 1 aliphatic heterocycles. The zero-order valence-electron chi connectivity index (χ0n) is 11.2. The molecule has 1 saturated heterocycles. The summed E-state index contributed by atoms with van der Waals surface area (Å²) in [4.78, 5) is 14.3. The average Bonchev–Trinajstić information content (AvgIpc) is 2.76. The molecule has 17 heavy (non-hydrogen) atoms. The normalized spacial score (nSPS) is 33.6. The van der Waals surface area contributed by atoms with Crippen molar-refractivity contribution in [1.29, 1.82) is 0 Å². The summed E-state index contributed by atoms with van der Waals surface area (Å²) >= 11 is 0. The Hall–Kier alpha value is -0.570. The summed E-state index contributed by atoms with van der Waals surface area (Å²) in [7, 11) is 1.99. The van der Waals surface area contributed by atoms with E-state index in [1.54, 1.807) is 0 Å². The highest BCUT2D eigenvalue weighted by molar-refractivity contribution is 5.79. The fraction of sp³-hybridized carbons (Fsp3) is 0.929. The molecule has 1 heterocycles. The minimum absolute atomic E-state index is 0.302. The Morgan fingerprint density at radius 2 is 2.12 bits per heavy atom. The van der Waals surface area contributed by atoms with Crippen molar-refractivity contribution in [1.82, 2.24) is 10.2 Å². The number of carbonyl (C=O) groups excluding carboxylic acids is 1. The zero-order chi connectivity index (χ0) is 12.3. The van der Waals surface area contributed by atoms with E-state index in [1.165, 1.54) is 25.7 Å². The molecule has 3 atom stereocenters. The third-order valence-corrected chi connectivity index (χ3v) is 4.49. The maximum atomic E-state index is 12.3. The number of hydrogen-bond acceptors (Lipinski definition) is 2. The van der Waals surface area contributed by atoms with Crippen molar-refractivity contribution in [2.24, 2.45) is 17.8 Å². The van der Waals surface area contributed by atoms with Gasteiger partial charge in [-0.3, -0.25) is 4.79 Å². The van der Waals surface area contributed by atoms with Gasteiger partial charge in [-0.15, -0.1) is 0 Å². The molecule has 1 N–H and O–H groups in total. The maximum Gasteiger partial charge on any atom is 0.225 e. The Morgan fingerprint density at radius 3 is 2.71 bits per heavy atom. The van der Waals surface area contributed by atoms with Gasteiger partial charge in [0.15, 0.2) is 0 Å². The van der Waals surface area contributed by atoms with E-state index in [0.29, 0.717) is 23.7 Å². The van der Waals surface area contributed by atoms with Crippen LogP contribution in [0.1, 0.15) is 39.0 Å². The molecule has 0 aromatic rings. The number of nitrogens with one attached hydrogen (secondary N) is 1. The summed E-state index contributed by atoms with van der Waals surface area (Å²) in [5, 5.41) is 3.42. The fourth-order valence-corrected chi connectivity index (χ4v) is 3.35. The molecule has 98 valence electrons. The van der Waals surface area contributed by atoms with Gasteiger partial charge in [0.1, 0.15) is 0 Å². The quantitative estimate of drug-likeness (QED) is 0.814. The Morgan fingerprint density at radius 1 is 1.29 bits per heavy atom. The van der Waals surface area contributed by atoms with Crippen LogP contribution >= 0.6 is 0 Å². The molecule has 2 rings (SSSR count). The number of nitrogens with zero attached hydrogens (tertiary/aromatic N) is 1. The van der Waals surface area contributed by atoms with Crippen LogP contribution in [0, 0.1) is 17.8 Å². The molecule has 1 saturated carbocycles. The van der Waals surface area contributed by atoms with Gasteiger partial charge in [0, 0.05) is 19.5 Å². The average molecular weight is 238 g/mol. The lowest BCUT2D eigenvalue weighted by Gasteiger charge is -2.30. The molecular weight excluding hydrogens is 212 g/mol. The van der Waals surface area contributed by atoms with Crippen LogP contribution in [-0.2, 0) is 4.79 Å². The highest BCUT2D eigenvalue weighted by Crippen LogP contribution is 2.32. The second-order valence-corrected chi connectivity index (χ2v) is 5.95. The largest absolute Gasteiger partial charge is 0.345 e. The van der Waals surface area contributed by atoms with Crippen molar-refractivity contribution < 1.29 is 4.79 Å². The molecule has 1 amide bonds. The second kappa shape index (κ2) is 5.85. The molecule has 2 aliphatic rings. The van der Waals surface area contributed by atoms with Crippen LogP contribution < -0.4 is 5.32 Å². The smallest absolute Gasteiger partial charge is 0.225 e. The van der Waals surface area contributed by atoms with Crippen LogP contribution in [0.3, 0.4) is 0 Å². The van der Waals surface area contributed by atoms with Crippen molar-refractivity contribution in [3.63, 3.8) is 0 Å². The third kappa shape index (κ3) is 3.21. The van der Waals surface area contributed by atoms with Gasteiger partial charge in [-0.05, 0) is 50.6 Å². The van der Waals surface area contributed by atoms with Gasteiger partial charge in [-0.1, -0.05) is 13.3 Å². The Labute approximate surface area is 105 Å². The molecule has 3 nitrogen and oxygen atoms in total. The molecule has 0 aromatic heterocycles. The van der Waals surface area contributed by atoms with E-state index in [0.717, 1.165) is 26.1 Å². The molecular formula is C14H26N2O. The monoisotopic (exact) mass is 238 g/mol. The van der Waals surface area contributed by atoms with Gasteiger partial charge in [-0.25, -0.2) is 0 Å². The first-order chi connectivity index (χ1) is 8.18. The number of amides is 1. The molecule has 0 aromatic carbocycles. The van der Waals surface area contributed by atoms with Gasteiger partial charge in [0.25, 0.3) is 0 Å². The summed E-state index contributed by atoms with van der Waals surface area (Å²) in [5.74, 6) is 1.95. The minimum Gasteiger partial charge on any atom is -0.345 e. The highest BCUT2D eigenvalue weighted by Gasteiger charge is 2.32. The predicted molar refractivity (Wildman–Crippen MR) is 69.7 cm³/mol. The van der Waals surface area contributed by atoms with Gasteiger partial charge < -0.3 is 10.2 Å². The van der Waals surface area contributed by atoms with Crippen molar-refractivity contribution in [2.75, 3.05) is 26.7 Å². The number of hydrogen-bond donors (Lipinski definition) is 1. The standard InChI is InChI=1S/C14H26N2O/c1-11-5-3-7-13(11)14(17)16(2)10-12-6-4-8-15-9-12/h11-13,15H,3-10H2,1-2H3. The molecule has 0 bridgehead atoms. The minimum atomic E-state index is 0.302. The zero-order valence-corrected chi connectivity index (χ0v) is 11.2. The Bertz CT molecular complexity index is 261. The van der Waals surface area contributed by atoms with E-state index in [-0.39, 0.29) is 0 Å². The van der Waals surface area contributed by atoms with E-state index in [9.17, 15) is 4.79 Å². The van der Waals surface area contributed by atoms with Gasteiger partial charge in [0.05, 0.1) is 0 Å². The number of carbonyl (C=O) groups is 1.